The maximum absolute atomic E-state index is 12.7. The Balaban J connectivity index is 1.88. The maximum Gasteiger partial charge on any atom is 0.262 e. The molecular formula is C19H19Cl2N3O3S. The largest absolute Gasteiger partial charge is 0.497 e. The second-order valence-corrected chi connectivity index (χ2v) is 8.75. The molecule has 0 aliphatic heterocycles. The van der Waals surface area contributed by atoms with Crippen molar-refractivity contribution in [2.45, 2.75) is 25.3 Å². The average Bonchev–Trinajstić information content (AvgIpc) is 2.91. The van der Waals surface area contributed by atoms with Crippen molar-refractivity contribution in [2.75, 3.05) is 11.8 Å². The lowest BCUT2D eigenvalue weighted by molar-refractivity contribution is 0.414. The summed E-state index contributed by atoms with van der Waals surface area (Å²) in [5.41, 5.74) is 2.53. The first-order chi connectivity index (χ1) is 13.2. The second kappa shape index (κ2) is 8.03. The van der Waals surface area contributed by atoms with Gasteiger partial charge in [0.25, 0.3) is 10.0 Å². The van der Waals surface area contributed by atoms with Crippen molar-refractivity contribution in [1.29, 1.82) is 0 Å². The van der Waals surface area contributed by atoms with Crippen molar-refractivity contribution in [3.8, 4) is 5.75 Å². The number of anilines is 1. The van der Waals surface area contributed by atoms with Gasteiger partial charge in [0.1, 0.15) is 5.75 Å². The Morgan fingerprint density at radius 3 is 2.39 bits per heavy atom. The van der Waals surface area contributed by atoms with Gasteiger partial charge in [0.2, 0.25) is 0 Å². The molecule has 148 valence electrons. The predicted octanol–water partition coefficient (Wildman–Crippen LogP) is 4.66. The van der Waals surface area contributed by atoms with Crippen molar-refractivity contribution < 1.29 is 13.2 Å². The van der Waals surface area contributed by atoms with Crippen molar-refractivity contribution >= 4 is 38.9 Å². The normalized spacial score (nSPS) is 11.5. The van der Waals surface area contributed by atoms with E-state index in [9.17, 15) is 8.42 Å². The van der Waals surface area contributed by atoms with E-state index in [2.05, 4.69) is 9.82 Å². The van der Waals surface area contributed by atoms with E-state index in [0.717, 1.165) is 5.56 Å². The molecule has 1 heterocycles. The molecule has 0 spiro atoms. The van der Waals surface area contributed by atoms with Gasteiger partial charge >= 0.3 is 0 Å². The van der Waals surface area contributed by atoms with Crippen LogP contribution in [0.5, 0.6) is 5.75 Å². The molecule has 0 unspecified atom stereocenters. The summed E-state index contributed by atoms with van der Waals surface area (Å²) in [6.45, 7) is 3.95. The fourth-order valence-corrected chi connectivity index (χ4v) is 4.40. The lowest BCUT2D eigenvalue weighted by Gasteiger charge is -2.10. The molecule has 0 atom stereocenters. The van der Waals surface area contributed by atoms with Gasteiger partial charge in [0.15, 0.2) is 0 Å². The highest BCUT2D eigenvalue weighted by atomic mass is 35.5. The third-order valence-corrected chi connectivity index (χ3v) is 6.28. The van der Waals surface area contributed by atoms with E-state index >= 15 is 0 Å². The molecule has 6 nitrogen and oxygen atoms in total. The number of aromatic nitrogens is 2. The topological polar surface area (TPSA) is 73.2 Å². The van der Waals surface area contributed by atoms with E-state index in [1.807, 2.05) is 6.07 Å². The van der Waals surface area contributed by atoms with Crippen LogP contribution in [0.1, 0.15) is 17.0 Å². The molecule has 0 aliphatic carbocycles. The molecule has 0 aliphatic rings. The predicted molar refractivity (Wildman–Crippen MR) is 111 cm³/mol. The number of ether oxygens (including phenoxy) is 1. The molecule has 0 amide bonds. The number of halogens is 2. The summed E-state index contributed by atoms with van der Waals surface area (Å²) in [4.78, 5) is 0.139. The monoisotopic (exact) mass is 439 g/mol. The number of aryl methyl sites for hydroxylation is 1. The Kier molecular flexibility index (Phi) is 5.88. The summed E-state index contributed by atoms with van der Waals surface area (Å²) in [6, 6.07) is 11.4. The fourth-order valence-electron chi connectivity index (χ4n) is 2.76. The van der Waals surface area contributed by atoms with Crippen LogP contribution in [0.3, 0.4) is 0 Å². The van der Waals surface area contributed by atoms with Gasteiger partial charge in [-0.2, -0.15) is 5.10 Å². The second-order valence-electron chi connectivity index (χ2n) is 6.22. The first kappa shape index (κ1) is 20.5. The first-order valence-electron chi connectivity index (χ1n) is 8.36. The van der Waals surface area contributed by atoms with Crippen LogP contribution in [0, 0.1) is 13.8 Å². The van der Waals surface area contributed by atoms with E-state index in [1.165, 1.54) is 19.2 Å². The molecule has 0 saturated carbocycles. The minimum Gasteiger partial charge on any atom is -0.497 e. The summed E-state index contributed by atoms with van der Waals surface area (Å²) in [6.07, 6.45) is 0. The number of nitrogens with one attached hydrogen (secondary N) is 1. The molecule has 3 rings (SSSR count). The number of hydrogen-bond donors (Lipinski definition) is 1. The lowest BCUT2D eigenvalue weighted by atomic mass is 10.2. The van der Waals surface area contributed by atoms with E-state index in [-0.39, 0.29) is 4.90 Å². The zero-order valence-electron chi connectivity index (χ0n) is 15.5. The molecule has 0 fully saturated rings. The van der Waals surface area contributed by atoms with Crippen molar-refractivity contribution in [1.82, 2.24) is 9.78 Å². The standard InChI is InChI=1S/C19H19Cl2N3O3S/c1-12-19(23-28(25,26)17-8-6-16(27-3)7-9-17)13(2)24(22-12)11-14-4-5-15(20)10-18(14)21/h4-10,23H,11H2,1-3H3. The number of rotatable bonds is 6. The number of methoxy groups -OCH3 is 1. The summed E-state index contributed by atoms with van der Waals surface area (Å²) < 4.78 is 34.9. The first-order valence-corrected chi connectivity index (χ1v) is 10.6. The Morgan fingerprint density at radius 1 is 1.11 bits per heavy atom. The average molecular weight is 440 g/mol. The molecule has 9 heteroatoms. The van der Waals surface area contributed by atoms with Crippen LogP contribution in [0.15, 0.2) is 47.4 Å². The third-order valence-electron chi connectivity index (χ3n) is 4.32. The molecule has 1 aromatic heterocycles. The van der Waals surface area contributed by atoms with Crippen LogP contribution in [-0.4, -0.2) is 25.3 Å². The van der Waals surface area contributed by atoms with Gasteiger partial charge in [0.05, 0.1) is 35.6 Å². The molecule has 0 bridgehead atoms. The number of benzene rings is 2. The zero-order valence-corrected chi connectivity index (χ0v) is 17.9. The molecule has 3 aromatic rings. The minimum absolute atomic E-state index is 0.139. The Bertz CT molecular complexity index is 1110. The number of hydrogen-bond acceptors (Lipinski definition) is 4. The van der Waals surface area contributed by atoms with E-state index < -0.39 is 10.0 Å². The molecule has 0 saturated heterocycles. The smallest absolute Gasteiger partial charge is 0.262 e. The summed E-state index contributed by atoms with van der Waals surface area (Å²) in [5.74, 6) is 0.582. The van der Waals surface area contributed by atoms with Crippen LogP contribution in [0.4, 0.5) is 5.69 Å². The van der Waals surface area contributed by atoms with Gasteiger partial charge in [-0.05, 0) is 55.8 Å². The maximum atomic E-state index is 12.7. The van der Waals surface area contributed by atoms with E-state index in [4.69, 9.17) is 27.9 Å². The number of nitrogens with zero attached hydrogens (tertiary/aromatic N) is 2. The molecule has 0 radical (unpaired) electrons. The number of sulfonamides is 1. The molecule has 28 heavy (non-hydrogen) atoms. The van der Waals surface area contributed by atoms with Crippen LogP contribution in [0.25, 0.3) is 0 Å². The van der Waals surface area contributed by atoms with Crippen LogP contribution >= 0.6 is 23.2 Å². The lowest BCUT2D eigenvalue weighted by Crippen LogP contribution is -2.14. The van der Waals surface area contributed by atoms with Gasteiger partial charge in [-0.3, -0.25) is 9.40 Å². The summed E-state index contributed by atoms with van der Waals surface area (Å²) in [5, 5.41) is 5.53. The third kappa shape index (κ3) is 4.27. The van der Waals surface area contributed by atoms with Gasteiger partial charge in [0, 0.05) is 10.0 Å². The van der Waals surface area contributed by atoms with E-state index in [1.54, 1.807) is 42.8 Å². The van der Waals surface area contributed by atoms with Crippen molar-refractivity contribution in [3.05, 3.63) is 69.5 Å². The van der Waals surface area contributed by atoms with Gasteiger partial charge in [-0.15, -0.1) is 0 Å². The highest BCUT2D eigenvalue weighted by molar-refractivity contribution is 7.92. The van der Waals surface area contributed by atoms with Gasteiger partial charge in [-0.1, -0.05) is 29.3 Å². The SMILES string of the molecule is COc1ccc(S(=O)(=O)Nc2c(C)nn(Cc3ccc(Cl)cc3Cl)c2C)cc1. The Morgan fingerprint density at radius 2 is 1.79 bits per heavy atom. The van der Waals surface area contributed by atoms with Gasteiger partial charge < -0.3 is 4.74 Å². The van der Waals surface area contributed by atoms with Crippen LogP contribution < -0.4 is 9.46 Å². The summed E-state index contributed by atoms with van der Waals surface area (Å²) >= 11 is 12.2. The summed E-state index contributed by atoms with van der Waals surface area (Å²) in [7, 11) is -2.24. The minimum atomic E-state index is -3.76. The Hall–Kier alpha value is -2.22. The Labute approximate surface area is 174 Å². The van der Waals surface area contributed by atoms with Gasteiger partial charge in [-0.25, -0.2) is 8.42 Å². The van der Waals surface area contributed by atoms with E-state index in [0.29, 0.717) is 39.4 Å². The molecule has 2 aromatic carbocycles. The zero-order chi connectivity index (χ0) is 20.5. The van der Waals surface area contributed by atoms with Crippen molar-refractivity contribution in [3.63, 3.8) is 0 Å². The van der Waals surface area contributed by atoms with Crippen molar-refractivity contribution in [2.24, 2.45) is 0 Å². The highest BCUT2D eigenvalue weighted by Crippen LogP contribution is 2.27. The fraction of sp³-hybridized carbons (Fsp3) is 0.211. The van der Waals surface area contributed by atoms with Crippen LogP contribution in [-0.2, 0) is 16.6 Å². The molecular weight excluding hydrogens is 421 g/mol. The quantitative estimate of drug-likeness (QED) is 0.605. The van der Waals surface area contributed by atoms with Crippen LogP contribution in [0.2, 0.25) is 10.0 Å². The molecule has 1 N–H and O–H groups in total. The highest BCUT2D eigenvalue weighted by Gasteiger charge is 2.20.